The number of aryl methyl sites for hydroxylation is 1. The van der Waals surface area contributed by atoms with Gasteiger partial charge in [-0.25, -0.2) is 0 Å². The van der Waals surface area contributed by atoms with Crippen LogP contribution in [0.1, 0.15) is 29.2 Å². The van der Waals surface area contributed by atoms with E-state index in [4.69, 9.17) is 0 Å². The van der Waals surface area contributed by atoms with E-state index in [1.54, 1.807) is 4.90 Å². The summed E-state index contributed by atoms with van der Waals surface area (Å²) >= 11 is 0. The molecule has 3 rings (SSSR count). The summed E-state index contributed by atoms with van der Waals surface area (Å²) in [6.07, 6.45) is 0.565. The second-order valence-electron chi connectivity index (χ2n) is 6.34. The van der Waals surface area contributed by atoms with Crippen LogP contribution >= 0.6 is 0 Å². The molecule has 1 atom stereocenters. The van der Waals surface area contributed by atoms with Gasteiger partial charge >= 0.3 is 0 Å². The van der Waals surface area contributed by atoms with Gasteiger partial charge in [-0.2, -0.15) is 0 Å². The van der Waals surface area contributed by atoms with Gasteiger partial charge in [-0.15, -0.1) is 0 Å². The van der Waals surface area contributed by atoms with E-state index >= 15 is 0 Å². The lowest BCUT2D eigenvalue weighted by Gasteiger charge is -2.35. The molecular weight excluding hydrogens is 300 g/mol. The maximum atomic E-state index is 12.7. The van der Waals surface area contributed by atoms with Gasteiger partial charge in [0.1, 0.15) is 6.04 Å². The van der Waals surface area contributed by atoms with Crippen LogP contribution in [-0.2, 0) is 29.1 Å². The van der Waals surface area contributed by atoms with E-state index < -0.39 is 6.04 Å². The van der Waals surface area contributed by atoms with Crippen LogP contribution in [0, 0.1) is 6.92 Å². The fourth-order valence-electron chi connectivity index (χ4n) is 3.22. The molecular formula is C20H22N2O2. The number of hydrogen-bond acceptors (Lipinski definition) is 2. The zero-order valence-electron chi connectivity index (χ0n) is 14.1. The molecule has 1 unspecified atom stereocenters. The first kappa shape index (κ1) is 16.2. The highest BCUT2D eigenvalue weighted by atomic mass is 16.2. The number of carbonyl (C=O) groups excluding carboxylic acids is 2. The Bertz CT molecular complexity index is 770. The molecule has 1 aliphatic rings. The highest BCUT2D eigenvalue weighted by molar-refractivity contribution is 5.87. The van der Waals surface area contributed by atoms with Crippen LogP contribution in [0.4, 0.5) is 0 Å². The molecule has 2 aromatic carbocycles. The number of hydrogen-bond donors (Lipinski definition) is 1. The average molecular weight is 322 g/mol. The standard InChI is InChI=1S/C20H22N2O2/c1-14-6-5-7-16(10-14)12-21-20(24)19-11-17-8-3-4-9-18(17)13-22(19)15(2)23/h3-10,19H,11-13H2,1-2H3,(H,21,24). The van der Waals surface area contributed by atoms with Gasteiger partial charge in [-0.3, -0.25) is 9.59 Å². The molecule has 24 heavy (non-hydrogen) atoms. The molecule has 0 spiro atoms. The van der Waals surface area contributed by atoms with Crippen molar-refractivity contribution in [3.05, 3.63) is 70.8 Å². The summed E-state index contributed by atoms with van der Waals surface area (Å²) in [6, 6.07) is 15.6. The monoisotopic (exact) mass is 322 g/mol. The maximum Gasteiger partial charge on any atom is 0.243 e. The highest BCUT2D eigenvalue weighted by Crippen LogP contribution is 2.23. The topological polar surface area (TPSA) is 49.4 Å². The minimum absolute atomic E-state index is 0.0693. The van der Waals surface area contributed by atoms with Gasteiger partial charge in [0.15, 0.2) is 0 Å². The van der Waals surface area contributed by atoms with Gasteiger partial charge in [0.2, 0.25) is 11.8 Å². The van der Waals surface area contributed by atoms with Crippen LogP contribution in [0.2, 0.25) is 0 Å². The fraction of sp³-hybridized carbons (Fsp3) is 0.300. The number of amides is 2. The van der Waals surface area contributed by atoms with Gasteiger partial charge in [-0.1, -0.05) is 54.1 Å². The lowest BCUT2D eigenvalue weighted by atomic mass is 9.93. The molecule has 0 aliphatic carbocycles. The molecule has 0 saturated heterocycles. The number of nitrogens with one attached hydrogen (secondary N) is 1. The summed E-state index contributed by atoms with van der Waals surface area (Å²) in [5.41, 5.74) is 4.49. The Balaban J connectivity index is 1.73. The van der Waals surface area contributed by atoms with E-state index in [-0.39, 0.29) is 11.8 Å². The van der Waals surface area contributed by atoms with E-state index in [9.17, 15) is 9.59 Å². The second-order valence-corrected chi connectivity index (χ2v) is 6.34. The number of carbonyl (C=O) groups is 2. The van der Waals surface area contributed by atoms with Gasteiger partial charge in [0, 0.05) is 26.4 Å². The second kappa shape index (κ2) is 6.87. The zero-order valence-corrected chi connectivity index (χ0v) is 14.1. The molecule has 1 aliphatic heterocycles. The Hall–Kier alpha value is -2.62. The van der Waals surface area contributed by atoms with Crippen LogP contribution < -0.4 is 5.32 Å². The summed E-state index contributed by atoms with van der Waals surface area (Å²) in [6.45, 7) is 4.52. The smallest absolute Gasteiger partial charge is 0.243 e. The highest BCUT2D eigenvalue weighted by Gasteiger charge is 2.32. The van der Waals surface area contributed by atoms with Crippen molar-refractivity contribution in [3.8, 4) is 0 Å². The van der Waals surface area contributed by atoms with Crippen molar-refractivity contribution in [3.63, 3.8) is 0 Å². The summed E-state index contributed by atoms with van der Waals surface area (Å²) in [5, 5.41) is 2.98. The molecule has 124 valence electrons. The number of benzene rings is 2. The molecule has 0 fully saturated rings. The normalized spacial score (nSPS) is 16.4. The number of nitrogens with zero attached hydrogens (tertiary/aromatic N) is 1. The third kappa shape index (κ3) is 3.48. The van der Waals surface area contributed by atoms with Crippen molar-refractivity contribution in [2.75, 3.05) is 0 Å². The molecule has 1 heterocycles. The summed E-state index contributed by atoms with van der Waals surface area (Å²) in [5.74, 6) is -0.165. The van der Waals surface area contributed by atoms with Crippen LogP contribution in [0.25, 0.3) is 0 Å². The van der Waals surface area contributed by atoms with Gasteiger partial charge in [0.05, 0.1) is 0 Å². The molecule has 2 amide bonds. The fourth-order valence-corrected chi connectivity index (χ4v) is 3.22. The molecule has 0 saturated carbocycles. The van der Waals surface area contributed by atoms with E-state index in [2.05, 4.69) is 11.4 Å². The first-order valence-electron chi connectivity index (χ1n) is 8.22. The average Bonchev–Trinajstić information content (AvgIpc) is 2.58. The molecule has 0 aromatic heterocycles. The molecule has 1 N–H and O–H groups in total. The van der Waals surface area contributed by atoms with Crippen LogP contribution in [-0.4, -0.2) is 22.8 Å². The molecule has 0 radical (unpaired) electrons. The first-order chi connectivity index (χ1) is 11.5. The van der Waals surface area contributed by atoms with Crippen molar-refractivity contribution >= 4 is 11.8 Å². The predicted octanol–water partition coefficient (Wildman–Crippen LogP) is 2.58. The quantitative estimate of drug-likeness (QED) is 0.944. The van der Waals surface area contributed by atoms with Gasteiger partial charge in [-0.05, 0) is 23.6 Å². The maximum absolute atomic E-state index is 12.7. The van der Waals surface area contributed by atoms with Gasteiger partial charge < -0.3 is 10.2 Å². The van der Waals surface area contributed by atoms with E-state index in [0.717, 1.165) is 16.7 Å². The largest absolute Gasteiger partial charge is 0.350 e. The summed E-state index contributed by atoms with van der Waals surface area (Å²) < 4.78 is 0. The van der Waals surface area contributed by atoms with E-state index in [0.29, 0.717) is 19.5 Å². The lowest BCUT2D eigenvalue weighted by Crippen LogP contribution is -2.51. The van der Waals surface area contributed by atoms with Crippen LogP contribution in [0.3, 0.4) is 0 Å². The molecule has 4 heteroatoms. The Labute approximate surface area is 142 Å². The molecule has 2 aromatic rings. The Kier molecular flexibility index (Phi) is 4.65. The first-order valence-corrected chi connectivity index (χ1v) is 8.22. The molecule has 0 bridgehead atoms. The zero-order chi connectivity index (χ0) is 17.1. The SMILES string of the molecule is CC(=O)N1Cc2ccccc2CC1C(=O)NCc1cccc(C)c1. The van der Waals surface area contributed by atoms with Crippen LogP contribution in [0.5, 0.6) is 0 Å². The Morgan fingerprint density at radius 2 is 1.88 bits per heavy atom. The summed E-state index contributed by atoms with van der Waals surface area (Å²) in [7, 11) is 0. The Morgan fingerprint density at radius 3 is 2.58 bits per heavy atom. The number of rotatable bonds is 3. The Morgan fingerprint density at radius 1 is 1.12 bits per heavy atom. The molecule has 4 nitrogen and oxygen atoms in total. The van der Waals surface area contributed by atoms with Crippen molar-refractivity contribution in [1.82, 2.24) is 10.2 Å². The van der Waals surface area contributed by atoms with E-state index in [1.165, 1.54) is 12.5 Å². The lowest BCUT2D eigenvalue weighted by molar-refractivity contribution is -0.140. The third-order valence-electron chi connectivity index (χ3n) is 4.50. The van der Waals surface area contributed by atoms with Crippen LogP contribution in [0.15, 0.2) is 48.5 Å². The van der Waals surface area contributed by atoms with E-state index in [1.807, 2.05) is 49.4 Å². The number of fused-ring (bicyclic) bond motifs is 1. The third-order valence-corrected chi connectivity index (χ3v) is 4.50. The minimum Gasteiger partial charge on any atom is -0.350 e. The van der Waals surface area contributed by atoms with Crippen molar-refractivity contribution in [2.45, 2.75) is 39.4 Å². The van der Waals surface area contributed by atoms with Gasteiger partial charge in [0.25, 0.3) is 0 Å². The summed E-state index contributed by atoms with van der Waals surface area (Å²) in [4.78, 5) is 26.3. The predicted molar refractivity (Wildman–Crippen MR) is 93.2 cm³/mol. The minimum atomic E-state index is -0.442. The van der Waals surface area contributed by atoms with Crippen molar-refractivity contribution in [1.29, 1.82) is 0 Å². The van der Waals surface area contributed by atoms with Crippen molar-refractivity contribution < 1.29 is 9.59 Å². The van der Waals surface area contributed by atoms with Crippen molar-refractivity contribution in [2.24, 2.45) is 0 Å².